The second-order valence-corrected chi connectivity index (χ2v) is 5.79. The average molecular weight is 260 g/mol. The van der Waals surface area contributed by atoms with Crippen molar-refractivity contribution in [1.82, 2.24) is 9.88 Å². The van der Waals surface area contributed by atoms with Gasteiger partial charge < -0.3 is 9.88 Å². The standard InChI is InChI=1S/C15H20N2O2/c1-10-8-14(18)12(9-16-10)15(19)17-7-3-5-11-4-2-6-13(11)17/h8-9,11,13H,2-7H2,1H3,(H,16,18). The lowest BCUT2D eigenvalue weighted by molar-refractivity contribution is 0.0546. The van der Waals surface area contributed by atoms with E-state index in [0.29, 0.717) is 12.0 Å². The lowest BCUT2D eigenvalue weighted by Gasteiger charge is -2.37. The molecule has 1 saturated carbocycles. The summed E-state index contributed by atoms with van der Waals surface area (Å²) in [5.74, 6) is 0.570. The second-order valence-electron chi connectivity index (χ2n) is 5.79. The number of aryl methyl sites for hydroxylation is 1. The van der Waals surface area contributed by atoms with Crippen LogP contribution < -0.4 is 5.43 Å². The fourth-order valence-electron chi connectivity index (χ4n) is 3.60. The van der Waals surface area contributed by atoms with Crippen LogP contribution in [0.4, 0.5) is 0 Å². The Bertz CT molecular complexity index is 549. The number of piperidine rings is 1. The third-order valence-corrected chi connectivity index (χ3v) is 4.54. The van der Waals surface area contributed by atoms with Gasteiger partial charge in [0.2, 0.25) is 0 Å². The van der Waals surface area contributed by atoms with Crippen molar-refractivity contribution in [2.75, 3.05) is 6.54 Å². The maximum absolute atomic E-state index is 12.6. The van der Waals surface area contributed by atoms with E-state index in [-0.39, 0.29) is 16.9 Å². The van der Waals surface area contributed by atoms with Crippen LogP contribution in [0.2, 0.25) is 0 Å². The van der Waals surface area contributed by atoms with Gasteiger partial charge in [0.15, 0.2) is 5.43 Å². The Kier molecular flexibility index (Phi) is 3.17. The number of carbonyl (C=O) groups excluding carboxylic acids is 1. The molecule has 0 radical (unpaired) electrons. The monoisotopic (exact) mass is 260 g/mol. The summed E-state index contributed by atoms with van der Waals surface area (Å²) in [6, 6.07) is 1.87. The van der Waals surface area contributed by atoms with Gasteiger partial charge in [0.1, 0.15) is 5.56 Å². The minimum atomic E-state index is -0.165. The molecule has 2 atom stereocenters. The van der Waals surface area contributed by atoms with Crippen LogP contribution in [0.5, 0.6) is 0 Å². The molecule has 1 aliphatic heterocycles. The van der Waals surface area contributed by atoms with Gasteiger partial charge in [-0.2, -0.15) is 0 Å². The molecule has 4 heteroatoms. The van der Waals surface area contributed by atoms with Crippen molar-refractivity contribution in [2.24, 2.45) is 5.92 Å². The molecule has 0 bridgehead atoms. The predicted molar refractivity (Wildman–Crippen MR) is 73.2 cm³/mol. The molecule has 1 N–H and O–H groups in total. The van der Waals surface area contributed by atoms with Crippen molar-refractivity contribution in [3.8, 4) is 0 Å². The molecule has 3 rings (SSSR count). The van der Waals surface area contributed by atoms with E-state index in [1.54, 1.807) is 6.20 Å². The molecule has 0 aromatic carbocycles. The molecule has 2 unspecified atom stereocenters. The number of H-pyrrole nitrogens is 1. The van der Waals surface area contributed by atoms with Gasteiger partial charge in [0, 0.05) is 30.5 Å². The van der Waals surface area contributed by atoms with Crippen LogP contribution in [-0.2, 0) is 0 Å². The van der Waals surface area contributed by atoms with Crippen molar-refractivity contribution in [2.45, 2.75) is 45.1 Å². The minimum absolute atomic E-state index is 0.0853. The molecule has 102 valence electrons. The normalized spacial score (nSPS) is 26.3. The maximum atomic E-state index is 12.6. The van der Waals surface area contributed by atoms with E-state index in [1.807, 2.05) is 11.8 Å². The number of aromatic amines is 1. The van der Waals surface area contributed by atoms with Crippen molar-refractivity contribution < 1.29 is 4.79 Å². The molecule has 2 fully saturated rings. The van der Waals surface area contributed by atoms with Crippen molar-refractivity contribution in [1.29, 1.82) is 0 Å². The highest BCUT2D eigenvalue weighted by atomic mass is 16.2. The van der Waals surface area contributed by atoms with Crippen molar-refractivity contribution >= 4 is 5.91 Å². The van der Waals surface area contributed by atoms with Crippen LogP contribution in [0, 0.1) is 12.8 Å². The fraction of sp³-hybridized carbons (Fsp3) is 0.600. The average Bonchev–Trinajstić information content (AvgIpc) is 2.86. The van der Waals surface area contributed by atoms with E-state index >= 15 is 0 Å². The summed E-state index contributed by atoms with van der Waals surface area (Å²) in [7, 11) is 0. The summed E-state index contributed by atoms with van der Waals surface area (Å²) in [5.41, 5.74) is 0.915. The lowest BCUT2D eigenvalue weighted by atomic mass is 9.91. The molecule has 19 heavy (non-hydrogen) atoms. The van der Waals surface area contributed by atoms with Crippen LogP contribution in [0.3, 0.4) is 0 Å². The van der Waals surface area contributed by atoms with E-state index in [0.717, 1.165) is 25.1 Å². The van der Waals surface area contributed by atoms with Crippen LogP contribution in [0.25, 0.3) is 0 Å². The Morgan fingerprint density at radius 1 is 1.32 bits per heavy atom. The highest BCUT2D eigenvalue weighted by Gasteiger charge is 2.37. The molecule has 1 aliphatic carbocycles. The molecule has 1 aromatic rings. The number of pyridine rings is 1. The summed E-state index contributed by atoms with van der Waals surface area (Å²) in [6.45, 7) is 2.62. The van der Waals surface area contributed by atoms with Crippen molar-refractivity contribution in [3.63, 3.8) is 0 Å². The Morgan fingerprint density at radius 2 is 2.11 bits per heavy atom. The van der Waals surface area contributed by atoms with Gasteiger partial charge in [0.25, 0.3) is 5.91 Å². The number of hydrogen-bond donors (Lipinski definition) is 1. The predicted octanol–water partition coefficient (Wildman–Crippen LogP) is 2.09. The number of likely N-dealkylation sites (tertiary alicyclic amines) is 1. The molecule has 0 spiro atoms. The Hall–Kier alpha value is -1.58. The summed E-state index contributed by atoms with van der Waals surface area (Å²) in [6.07, 6.45) is 7.41. The number of amides is 1. The third-order valence-electron chi connectivity index (χ3n) is 4.54. The topological polar surface area (TPSA) is 53.2 Å². The van der Waals surface area contributed by atoms with Crippen LogP contribution in [0.1, 0.15) is 48.2 Å². The van der Waals surface area contributed by atoms with E-state index in [1.165, 1.54) is 25.3 Å². The highest BCUT2D eigenvalue weighted by molar-refractivity contribution is 5.94. The van der Waals surface area contributed by atoms with Gasteiger partial charge in [-0.3, -0.25) is 9.59 Å². The second kappa shape index (κ2) is 4.83. The van der Waals surface area contributed by atoms with Crippen LogP contribution >= 0.6 is 0 Å². The van der Waals surface area contributed by atoms with Gasteiger partial charge in [-0.15, -0.1) is 0 Å². The first kappa shape index (κ1) is 12.5. The third kappa shape index (κ3) is 2.20. The molecule has 1 amide bonds. The number of rotatable bonds is 1. The summed E-state index contributed by atoms with van der Waals surface area (Å²) in [4.78, 5) is 29.4. The van der Waals surface area contributed by atoms with Gasteiger partial charge in [-0.1, -0.05) is 6.42 Å². The first-order valence-corrected chi connectivity index (χ1v) is 7.17. The van der Waals surface area contributed by atoms with E-state index < -0.39 is 0 Å². The highest BCUT2D eigenvalue weighted by Crippen LogP contribution is 2.37. The number of nitrogens with one attached hydrogen (secondary N) is 1. The molecule has 2 aliphatic rings. The van der Waals surface area contributed by atoms with Crippen LogP contribution in [0.15, 0.2) is 17.1 Å². The van der Waals surface area contributed by atoms with Gasteiger partial charge in [-0.05, 0) is 38.5 Å². The van der Waals surface area contributed by atoms with Gasteiger partial charge in [-0.25, -0.2) is 0 Å². The van der Waals surface area contributed by atoms with Crippen molar-refractivity contribution in [3.05, 3.63) is 33.7 Å². The molecular formula is C15H20N2O2. The molecular weight excluding hydrogens is 240 g/mol. The molecule has 1 aromatic heterocycles. The SMILES string of the molecule is Cc1cc(=O)c(C(=O)N2CCCC3CCCC32)c[nH]1. The van der Waals surface area contributed by atoms with E-state index in [4.69, 9.17) is 0 Å². The van der Waals surface area contributed by atoms with Crippen LogP contribution in [-0.4, -0.2) is 28.4 Å². The Morgan fingerprint density at radius 3 is 2.89 bits per heavy atom. The Balaban J connectivity index is 1.88. The fourth-order valence-corrected chi connectivity index (χ4v) is 3.60. The number of hydrogen-bond acceptors (Lipinski definition) is 2. The summed E-state index contributed by atoms with van der Waals surface area (Å²) < 4.78 is 0. The smallest absolute Gasteiger partial charge is 0.259 e. The number of aromatic nitrogens is 1. The molecule has 2 heterocycles. The number of carbonyl (C=O) groups is 1. The largest absolute Gasteiger partial charge is 0.364 e. The van der Waals surface area contributed by atoms with Gasteiger partial charge >= 0.3 is 0 Å². The van der Waals surface area contributed by atoms with E-state index in [9.17, 15) is 9.59 Å². The lowest BCUT2D eigenvalue weighted by Crippen LogP contribution is -2.47. The first-order valence-electron chi connectivity index (χ1n) is 7.17. The quantitative estimate of drug-likeness (QED) is 0.840. The zero-order chi connectivity index (χ0) is 13.4. The zero-order valence-corrected chi connectivity index (χ0v) is 11.3. The molecule has 1 saturated heterocycles. The first-order chi connectivity index (χ1) is 9.16. The summed E-state index contributed by atoms with van der Waals surface area (Å²) in [5, 5.41) is 0. The maximum Gasteiger partial charge on any atom is 0.259 e. The van der Waals surface area contributed by atoms with E-state index in [2.05, 4.69) is 4.98 Å². The molecule has 4 nitrogen and oxygen atoms in total. The number of fused-ring (bicyclic) bond motifs is 1. The minimum Gasteiger partial charge on any atom is -0.364 e. The Labute approximate surface area is 112 Å². The number of nitrogens with zero attached hydrogens (tertiary/aromatic N) is 1. The summed E-state index contributed by atoms with van der Waals surface area (Å²) >= 11 is 0. The van der Waals surface area contributed by atoms with Gasteiger partial charge in [0.05, 0.1) is 0 Å². The zero-order valence-electron chi connectivity index (χ0n) is 11.3.